The minimum Gasteiger partial charge on any atom is -0.494 e. The predicted octanol–water partition coefficient (Wildman–Crippen LogP) is 4.71. The third kappa shape index (κ3) is 4.05. The van der Waals surface area contributed by atoms with Crippen molar-refractivity contribution in [2.24, 2.45) is 0 Å². The second kappa shape index (κ2) is 7.56. The molecule has 0 radical (unpaired) electrons. The average Bonchev–Trinajstić information content (AvgIpc) is 3.24. The highest BCUT2D eigenvalue weighted by atomic mass is 32.2. The van der Waals surface area contributed by atoms with E-state index in [1.807, 2.05) is 41.8 Å². The van der Waals surface area contributed by atoms with Gasteiger partial charge in [0.1, 0.15) is 22.9 Å². The van der Waals surface area contributed by atoms with Crippen LogP contribution in [-0.4, -0.2) is 33.7 Å². The molecule has 7 nitrogen and oxygen atoms in total. The Morgan fingerprint density at radius 1 is 1.04 bits per heavy atom. The molecule has 0 spiro atoms. The van der Waals surface area contributed by atoms with Crippen LogP contribution in [0.15, 0.2) is 34.7 Å². The number of rotatable bonds is 6. The van der Waals surface area contributed by atoms with Crippen molar-refractivity contribution in [1.29, 1.82) is 0 Å². The Morgan fingerprint density at radius 2 is 1.70 bits per heavy atom. The molecule has 27 heavy (non-hydrogen) atoms. The normalized spacial score (nSPS) is 11.5. The fourth-order valence-corrected chi connectivity index (χ4v) is 3.06. The maximum Gasteiger partial charge on any atom is 0.239 e. The van der Waals surface area contributed by atoms with E-state index in [1.54, 1.807) is 26.2 Å². The molecule has 0 saturated heterocycles. The summed E-state index contributed by atoms with van der Waals surface area (Å²) >= 11 is 1.55. The molecule has 1 N–H and O–H groups in total. The standard InChI is InChI=1S/C19H24N4O3S/c1-12-10-11-15(26-12)17-20-21-18(22-27-19(2,3)4)23(17)16-13(24-5)8-7-9-14(16)25-6/h7-11H,1-6H3,(H,21,22). The molecule has 8 heteroatoms. The van der Waals surface area contributed by atoms with Crippen LogP contribution in [0.1, 0.15) is 26.5 Å². The number of benzene rings is 1. The zero-order valence-corrected chi connectivity index (χ0v) is 17.2. The van der Waals surface area contributed by atoms with Gasteiger partial charge >= 0.3 is 0 Å². The van der Waals surface area contributed by atoms with Crippen molar-refractivity contribution in [3.05, 3.63) is 36.1 Å². The van der Waals surface area contributed by atoms with E-state index in [9.17, 15) is 0 Å². The molecule has 0 fully saturated rings. The van der Waals surface area contributed by atoms with E-state index in [0.29, 0.717) is 34.7 Å². The highest BCUT2D eigenvalue weighted by molar-refractivity contribution is 8.01. The molecule has 0 bridgehead atoms. The highest BCUT2D eigenvalue weighted by Crippen LogP contribution is 2.38. The van der Waals surface area contributed by atoms with Crippen LogP contribution in [0.2, 0.25) is 0 Å². The summed E-state index contributed by atoms with van der Waals surface area (Å²) in [6.07, 6.45) is 0. The number of aryl methyl sites for hydroxylation is 1. The van der Waals surface area contributed by atoms with Gasteiger partial charge in [0.05, 0.1) is 14.2 Å². The second-order valence-electron chi connectivity index (χ2n) is 6.92. The minimum atomic E-state index is -0.0108. The molecule has 0 unspecified atom stereocenters. The molecule has 0 amide bonds. The zero-order valence-electron chi connectivity index (χ0n) is 16.4. The number of anilines is 1. The van der Waals surface area contributed by atoms with Crippen LogP contribution in [0.5, 0.6) is 11.5 Å². The zero-order chi connectivity index (χ0) is 19.6. The predicted molar refractivity (Wildman–Crippen MR) is 108 cm³/mol. The van der Waals surface area contributed by atoms with Gasteiger partial charge in [0.25, 0.3) is 0 Å². The van der Waals surface area contributed by atoms with E-state index in [4.69, 9.17) is 13.9 Å². The number of hydrogen-bond acceptors (Lipinski definition) is 7. The third-order valence-corrected chi connectivity index (χ3v) is 4.59. The van der Waals surface area contributed by atoms with E-state index in [0.717, 1.165) is 5.76 Å². The van der Waals surface area contributed by atoms with Gasteiger partial charge < -0.3 is 13.9 Å². The fourth-order valence-electron chi connectivity index (χ4n) is 2.53. The lowest BCUT2D eigenvalue weighted by atomic mass is 10.2. The van der Waals surface area contributed by atoms with Gasteiger partial charge in [-0.15, -0.1) is 10.2 Å². The largest absolute Gasteiger partial charge is 0.494 e. The van der Waals surface area contributed by atoms with Crippen LogP contribution in [0.4, 0.5) is 5.95 Å². The van der Waals surface area contributed by atoms with Crippen molar-refractivity contribution >= 4 is 17.9 Å². The van der Waals surface area contributed by atoms with Gasteiger partial charge in [-0.2, -0.15) is 0 Å². The van der Waals surface area contributed by atoms with E-state index in [1.165, 1.54) is 0 Å². The molecule has 144 valence electrons. The molecular formula is C19H24N4O3S. The van der Waals surface area contributed by atoms with Crippen molar-refractivity contribution in [3.63, 3.8) is 0 Å². The molecule has 0 saturated carbocycles. The van der Waals surface area contributed by atoms with Gasteiger partial charge in [0.2, 0.25) is 11.8 Å². The summed E-state index contributed by atoms with van der Waals surface area (Å²) in [5.74, 6) is 3.81. The summed E-state index contributed by atoms with van der Waals surface area (Å²) in [6, 6.07) is 9.38. The number of hydrogen-bond donors (Lipinski definition) is 1. The van der Waals surface area contributed by atoms with Crippen molar-refractivity contribution in [2.45, 2.75) is 32.4 Å². The maximum absolute atomic E-state index is 5.80. The van der Waals surface area contributed by atoms with Gasteiger partial charge in [-0.05, 0) is 63.9 Å². The van der Waals surface area contributed by atoms with Gasteiger partial charge in [-0.3, -0.25) is 9.29 Å². The van der Waals surface area contributed by atoms with Crippen molar-refractivity contribution in [3.8, 4) is 28.8 Å². The molecule has 0 atom stereocenters. The molecule has 0 aliphatic heterocycles. The number of aromatic nitrogens is 3. The van der Waals surface area contributed by atoms with E-state index in [-0.39, 0.29) is 4.75 Å². The first-order valence-corrected chi connectivity index (χ1v) is 9.33. The Balaban J connectivity index is 2.21. The summed E-state index contributed by atoms with van der Waals surface area (Å²) in [5, 5.41) is 8.70. The summed E-state index contributed by atoms with van der Waals surface area (Å²) in [7, 11) is 3.24. The molecule has 0 aliphatic rings. The van der Waals surface area contributed by atoms with Gasteiger partial charge in [0, 0.05) is 4.75 Å². The molecule has 2 aromatic heterocycles. The quantitative estimate of drug-likeness (QED) is 0.613. The summed E-state index contributed by atoms with van der Waals surface area (Å²) in [6.45, 7) is 8.24. The van der Waals surface area contributed by atoms with E-state index >= 15 is 0 Å². The molecule has 1 aromatic carbocycles. The van der Waals surface area contributed by atoms with Crippen LogP contribution < -0.4 is 14.2 Å². The summed E-state index contributed by atoms with van der Waals surface area (Å²) in [5.41, 5.74) is 0.702. The van der Waals surface area contributed by atoms with Crippen molar-refractivity contribution in [2.75, 3.05) is 18.9 Å². The fraction of sp³-hybridized carbons (Fsp3) is 0.368. The van der Waals surface area contributed by atoms with Crippen LogP contribution >= 0.6 is 11.9 Å². The highest BCUT2D eigenvalue weighted by Gasteiger charge is 2.25. The Morgan fingerprint density at radius 3 is 2.22 bits per heavy atom. The topological polar surface area (TPSA) is 74.3 Å². The van der Waals surface area contributed by atoms with Gasteiger partial charge in [-0.1, -0.05) is 6.07 Å². The van der Waals surface area contributed by atoms with Crippen LogP contribution in [0, 0.1) is 6.92 Å². The number of para-hydroxylation sites is 1. The van der Waals surface area contributed by atoms with Crippen LogP contribution in [-0.2, 0) is 0 Å². The number of nitrogens with zero attached hydrogens (tertiary/aromatic N) is 3. The number of furan rings is 1. The second-order valence-corrected chi connectivity index (χ2v) is 8.55. The van der Waals surface area contributed by atoms with Gasteiger partial charge in [-0.25, -0.2) is 0 Å². The lowest BCUT2D eigenvalue weighted by Gasteiger charge is -2.20. The molecule has 0 aliphatic carbocycles. The molecule has 3 rings (SSSR count). The van der Waals surface area contributed by atoms with Crippen LogP contribution in [0.3, 0.4) is 0 Å². The van der Waals surface area contributed by atoms with E-state index < -0.39 is 0 Å². The molecule has 2 heterocycles. The van der Waals surface area contributed by atoms with Crippen LogP contribution in [0.25, 0.3) is 17.3 Å². The third-order valence-electron chi connectivity index (χ3n) is 3.70. The molecular weight excluding hydrogens is 364 g/mol. The average molecular weight is 388 g/mol. The SMILES string of the molecule is COc1cccc(OC)c1-n1c(NSC(C)(C)C)nnc1-c1ccc(C)o1. The molecule has 3 aromatic rings. The Kier molecular flexibility index (Phi) is 5.36. The number of methoxy groups -OCH3 is 2. The number of ether oxygens (including phenoxy) is 2. The smallest absolute Gasteiger partial charge is 0.239 e. The van der Waals surface area contributed by atoms with Crippen molar-refractivity contribution < 1.29 is 13.9 Å². The minimum absolute atomic E-state index is 0.0108. The number of nitrogens with one attached hydrogen (secondary N) is 1. The Labute approximate surface area is 163 Å². The monoisotopic (exact) mass is 388 g/mol. The first-order chi connectivity index (χ1) is 12.8. The first kappa shape index (κ1) is 19.2. The Hall–Kier alpha value is -2.61. The lowest BCUT2D eigenvalue weighted by molar-refractivity contribution is 0.391. The Bertz CT molecular complexity index is 905. The first-order valence-electron chi connectivity index (χ1n) is 8.51. The maximum atomic E-state index is 5.80. The lowest BCUT2D eigenvalue weighted by Crippen LogP contribution is -2.13. The van der Waals surface area contributed by atoms with Gasteiger partial charge in [0.15, 0.2) is 5.76 Å². The van der Waals surface area contributed by atoms with Crippen molar-refractivity contribution in [1.82, 2.24) is 14.8 Å². The summed E-state index contributed by atoms with van der Waals surface area (Å²) < 4.78 is 22.1. The summed E-state index contributed by atoms with van der Waals surface area (Å²) in [4.78, 5) is 0. The van der Waals surface area contributed by atoms with E-state index in [2.05, 4.69) is 35.7 Å².